The summed E-state index contributed by atoms with van der Waals surface area (Å²) < 4.78 is 15.0. The maximum atomic E-state index is 5.03. The highest BCUT2D eigenvalue weighted by atomic mass is 32.1. The van der Waals surface area contributed by atoms with Crippen molar-refractivity contribution in [3.8, 4) is 0 Å². The second-order valence-corrected chi connectivity index (χ2v) is 3.59. The minimum Gasteiger partial charge on any atom is -0.379 e. The van der Waals surface area contributed by atoms with Crippen molar-refractivity contribution in [2.24, 2.45) is 0 Å². The van der Waals surface area contributed by atoms with E-state index in [1.54, 1.807) is 21.3 Å². The van der Waals surface area contributed by atoms with Gasteiger partial charge in [-0.15, -0.1) is 12.6 Å². The minimum atomic E-state index is -0.874. The van der Waals surface area contributed by atoms with Crippen LogP contribution in [0.1, 0.15) is 0 Å². The van der Waals surface area contributed by atoms with E-state index in [9.17, 15) is 0 Å². The highest BCUT2D eigenvalue weighted by molar-refractivity contribution is 7.81. The zero-order chi connectivity index (χ0) is 8.20. The molecule has 0 aromatic rings. The van der Waals surface area contributed by atoms with Crippen molar-refractivity contribution in [3.05, 3.63) is 0 Å². The zero-order valence-electron chi connectivity index (χ0n) is 6.75. The van der Waals surface area contributed by atoms with E-state index in [2.05, 4.69) is 12.6 Å². The van der Waals surface area contributed by atoms with Crippen LogP contribution in [0.2, 0.25) is 0 Å². The summed E-state index contributed by atoms with van der Waals surface area (Å²) in [5.74, 6) is 0. The minimum absolute atomic E-state index is 0.0640. The quantitative estimate of drug-likeness (QED) is 0.350. The van der Waals surface area contributed by atoms with Crippen LogP contribution in [-0.4, -0.2) is 42.4 Å². The first-order chi connectivity index (χ1) is 4.60. The average Bonchev–Trinajstić information content (AvgIpc) is 2.01. The summed E-state index contributed by atoms with van der Waals surface area (Å²) in [5.41, 5.74) is -0.0640. The van der Waals surface area contributed by atoms with Gasteiger partial charge in [-0.3, -0.25) is 0 Å². The van der Waals surface area contributed by atoms with Crippen molar-refractivity contribution in [2.75, 3.05) is 21.3 Å². The van der Waals surface area contributed by atoms with Crippen LogP contribution in [0.3, 0.4) is 0 Å². The molecule has 0 bridgehead atoms. The molecule has 0 N–H and O–H groups in total. The Balaban J connectivity index is 4.02. The lowest BCUT2D eigenvalue weighted by Crippen LogP contribution is -2.42. The fraction of sp³-hybridized carbons (Fsp3) is 1.00. The van der Waals surface area contributed by atoms with Gasteiger partial charge < -0.3 is 14.2 Å². The normalized spacial score (nSPS) is 15.6. The van der Waals surface area contributed by atoms with Crippen molar-refractivity contribution in [3.63, 3.8) is 0 Å². The van der Waals surface area contributed by atoms with Crippen LogP contribution in [0, 0.1) is 0 Å². The van der Waals surface area contributed by atoms with Crippen LogP contribution in [0.5, 0.6) is 0 Å². The van der Waals surface area contributed by atoms with Crippen LogP contribution in [0.4, 0.5) is 0 Å². The SMILES string of the molecule is COC([SiH3])C(S)(OC)OC. The molecule has 0 aliphatic heterocycles. The van der Waals surface area contributed by atoms with Gasteiger partial charge in [0.05, 0.1) is 0 Å². The molecule has 5 heteroatoms. The number of hydrogen-bond donors (Lipinski definition) is 1. The van der Waals surface area contributed by atoms with Crippen LogP contribution < -0.4 is 0 Å². The fourth-order valence-corrected chi connectivity index (χ4v) is 1.14. The van der Waals surface area contributed by atoms with E-state index in [1.807, 2.05) is 0 Å². The average molecular weight is 182 g/mol. The Morgan fingerprint density at radius 2 is 1.70 bits per heavy atom. The third-order valence-corrected chi connectivity index (χ3v) is 3.90. The molecule has 1 unspecified atom stereocenters. The maximum Gasteiger partial charge on any atom is 0.237 e. The Morgan fingerprint density at radius 1 is 1.30 bits per heavy atom. The van der Waals surface area contributed by atoms with Gasteiger partial charge in [0, 0.05) is 31.6 Å². The molecule has 0 fully saturated rings. The summed E-state index contributed by atoms with van der Waals surface area (Å²) in [6, 6.07) is 0. The summed E-state index contributed by atoms with van der Waals surface area (Å²) in [6.07, 6.45) is 0. The lowest BCUT2D eigenvalue weighted by molar-refractivity contribution is -0.176. The second-order valence-electron chi connectivity index (χ2n) is 1.92. The molecular weight excluding hydrogens is 168 g/mol. The van der Waals surface area contributed by atoms with E-state index >= 15 is 0 Å². The molecule has 0 rings (SSSR count). The third kappa shape index (κ3) is 2.24. The van der Waals surface area contributed by atoms with Crippen LogP contribution in [0.25, 0.3) is 0 Å². The van der Waals surface area contributed by atoms with Crippen molar-refractivity contribution in [2.45, 2.75) is 10.8 Å². The Hall–Kier alpha value is 0.447. The zero-order valence-corrected chi connectivity index (χ0v) is 9.64. The van der Waals surface area contributed by atoms with Gasteiger partial charge in [0.25, 0.3) is 0 Å². The number of ether oxygens (including phenoxy) is 3. The van der Waals surface area contributed by atoms with Gasteiger partial charge in [-0.2, -0.15) is 0 Å². The van der Waals surface area contributed by atoms with E-state index < -0.39 is 5.12 Å². The van der Waals surface area contributed by atoms with E-state index in [1.165, 1.54) is 0 Å². The predicted octanol–water partition coefficient (Wildman–Crippen LogP) is -0.799. The van der Waals surface area contributed by atoms with Crippen molar-refractivity contribution >= 4 is 22.9 Å². The van der Waals surface area contributed by atoms with Crippen molar-refractivity contribution < 1.29 is 14.2 Å². The summed E-state index contributed by atoms with van der Waals surface area (Å²) in [6.45, 7) is 0. The molecule has 0 radical (unpaired) electrons. The van der Waals surface area contributed by atoms with Gasteiger partial charge in [-0.05, 0) is 0 Å². The lowest BCUT2D eigenvalue weighted by atomic mass is 10.6. The Kier molecular flexibility index (Phi) is 4.55. The van der Waals surface area contributed by atoms with Crippen LogP contribution in [-0.2, 0) is 14.2 Å². The van der Waals surface area contributed by atoms with Gasteiger partial charge in [0.15, 0.2) is 0 Å². The maximum absolute atomic E-state index is 5.03. The number of thiol groups is 1. The van der Waals surface area contributed by atoms with E-state index in [0.29, 0.717) is 0 Å². The first kappa shape index (κ1) is 10.4. The first-order valence-corrected chi connectivity index (χ1v) is 4.56. The largest absolute Gasteiger partial charge is 0.379 e. The van der Waals surface area contributed by atoms with Crippen LogP contribution >= 0.6 is 12.6 Å². The molecule has 0 spiro atoms. The molecule has 0 saturated carbocycles. The first-order valence-electron chi connectivity index (χ1n) is 2.96. The number of rotatable bonds is 4. The monoisotopic (exact) mass is 182 g/mol. The van der Waals surface area contributed by atoms with E-state index in [-0.39, 0.29) is 5.73 Å². The molecule has 1 atom stereocenters. The van der Waals surface area contributed by atoms with Gasteiger partial charge in [0.1, 0.15) is 5.73 Å². The molecule has 0 aromatic carbocycles. The van der Waals surface area contributed by atoms with Crippen LogP contribution in [0.15, 0.2) is 0 Å². The molecular formula is C5H14O3SSi. The topological polar surface area (TPSA) is 27.7 Å². The van der Waals surface area contributed by atoms with Gasteiger partial charge in [-0.25, -0.2) is 0 Å². The lowest BCUT2D eigenvalue weighted by Gasteiger charge is -2.30. The van der Waals surface area contributed by atoms with Crippen molar-refractivity contribution in [1.29, 1.82) is 0 Å². The predicted molar refractivity (Wildman–Crippen MR) is 46.5 cm³/mol. The standard InChI is InChI=1S/C5H14O3SSi/c1-6-4(10)5(9,7-2)8-3/h4,9H,1-3,10H3. The molecule has 3 nitrogen and oxygen atoms in total. The Bertz CT molecular complexity index is 96.9. The van der Waals surface area contributed by atoms with E-state index in [4.69, 9.17) is 14.2 Å². The van der Waals surface area contributed by atoms with Gasteiger partial charge in [-0.1, -0.05) is 0 Å². The Morgan fingerprint density at radius 3 is 1.80 bits per heavy atom. The molecule has 0 saturated heterocycles. The highest BCUT2D eigenvalue weighted by Crippen LogP contribution is 2.20. The van der Waals surface area contributed by atoms with Gasteiger partial charge >= 0.3 is 0 Å². The second kappa shape index (κ2) is 4.35. The summed E-state index contributed by atoms with van der Waals surface area (Å²) in [7, 11) is 5.51. The highest BCUT2D eigenvalue weighted by Gasteiger charge is 2.31. The summed E-state index contributed by atoms with van der Waals surface area (Å²) >= 11 is 4.16. The fourth-order valence-electron chi connectivity index (χ4n) is 0.564. The molecule has 0 amide bonds. The van der Waals surface area contributed by atoms with Crippen molar-refractivity contribution in [1.82, 2.24) is 0 Å². The van der Waals surface area contributed by atoms with E-state index in [0.717, 1.165) is 10.2 Å². The molecule has 10 heavy (non-hydrogen) atoms. The third-order valence-electron chi connectivity index (χ3n) is 1.45. The molecule has 0 aliphatic rings. The Labute approximate surface area is 69.9 Å². The molecule has 0 aromatic heterocycles. The smallest absolute Gasteiger partial charge is 0.237 e. The molecule has 0 heterocycles. The number of methoxy groups -OCH3 is 3. The molecule has 0 aliphatic carbocycles. The van der Waals surface area contributed by atoms with Gasteiger partial charge in [0.2, 0.25) is 5.12 Å². The number of hydrogen-bond acceptors (Lipinski definition) is 4. The molecule has 62 valence electrons. The summed E-state index contributed by atoms with van der Waals surface area (Å²) in [5, 5.41) is -0.874. The summed E-state index contributed by atoms with van der Waals surface area (Å²) in [4.78, 5) is 0.